The molecule has 0 aromatic rings. The van der Waals surface area contributed by atoms with Gasteiger partial charge in [0.05, 0.1) is 6.07 Å². The van der Waals surface area contributed by atoms with E-state index in [1.54, 1.807) is 0 Å². The van der Waals surface area contributed by atoms with Crippen molar-refractivity contribution in [2.24, 2.45) is 5.41 Å². The van der Waals surface area contributed by atoms with Crippen LogP contribution >= 0.6 is 0 Å². The average Bonchev–Trinajstić information content (AvgIpc) is 2.35. The van der Waals surface area contributed by atoms with Gasteiger partial charge in [0.2, 0.25) is 5.91 Å². The van der Waals surface area contributed by atoms with Gasteiger partial charge in [-0.05, 0) is 19.8 Å². The maximum atomic E-state index is 12.4. The molecule has 0 spiro atoms. The van der Waals surface area contributed by atoms with Crippen LogP contribution in [-0.4, -0.2) is 30.1 Å². The second-order valence-electron chi connectivity index (χ2n) is 4.69. The summed E-state index contributed by atoms with van der Waals surface area (Å²) in [5.41, 5.74) is -1.24. The lowest BCUT2D eigenvalue weighted by Gasteiger charge is -2.34. The number of halogens is 3. The Morgan fingerprint density at radius 2 is 1.89 bits per heavy atom. The largest absolute Gasteiger partial charge is 0.406 e. The van der Waals surface area contributed by atoms with E-state index in [4.69, 9.17) is 0 Å². The van der Waals surface area contributed by atoms with Gasteiger partial charge in [-0.25, -0.2) is 0 Å². The molecule has 1 aliphatic carbocycles. The molecule has 18 heavy (non-hydrogen) atoms. The summed E-state index contributed by atoms with van der Waals surface area (Å²) < 4.78 is 37.1. The molecule has 0 saturated heterocycles. The van der Waals surface area contributed by atoms with Crippen LogP contribution in [0.5, 0.6) is 0 Å². The first kappa shape index (κ1) is 14.8. The molecule has 0 bridgehead atoms. The quantitative estimate of drug-likeness (QED) is 0.785. The maximum Gasteiger partial charge on any atom is 0.406 e. The predicted octanol–water partition coefficient (Wildman–Crippen LogP) is 2.87. The van der Waals surface area contributed by atoms with Crippen LogP contribution in [-0.2, 0) is 4.79 Å². The smallest absolute Gasteiger partial charge is 0.332 e. The summed E-state index contributed by atoms with van der Waals surface area (Å²) in [5, 5.41) is 9.18. The molecule has 1 fully saturated rings. The standard InChI is InChI=1S/C12H17F3N2O/c1-2-17(9-12(13,14)15)10(18)11(8-16)6-4-3-5-7-11/h2-7,9H2,1H3. The summed E-state index contributed by atoms with van der Waals surface area (Å²) in [4.78, 5) is 12.9. The number of alkyl halides is 3. The molecule has 0 aromatic heterocycles. The van der Waals surface area contributed by atoms with E-state index >= 15 is 0 Å². The lowest BCUT2D eigenvalue weighted by Crippen LogP contribution is -2.47. The number of amides is 1. The fraction of sp³-hybridized carbons (Fsp3) is 0.833. The van der Waals surface area contributed by atoms with Gasteiger partial charge in [-0.3, -0.25) is 4.79 Å². The molecule has 1 amide bonds. The molecule has 0 atom stereocenters. The fourth-order valence-electron chi connectivity index (χ4n) is 2.38. The van der Waals surface area contributed by atoms with E-state index in [1.165, 1.54) is 6.92 Å². The van der Waals surface area contributed by atoms with Crippen LogP contribution in [0.1, 0.15) is 39.0 Å². The van der Waals surface area contributed by atoms with Crippen LogP contribution in [0, 0.1) is 16.7 Å². The Hall–Kier alpha value is -1.25. The summed E-state index contributed by atoms with van der Waals surface area (Å²) in [6.45, 7) is 0.199. The van der Waals surface area contributed by atoms with Crippen LogP contribution in [0.25, 0.3) is 0 Å². The number of rotatable bonds is 3. The van der Waals surface area contributed by atoms with Gasteiger partial charge in [0.15, 0.2) is 0 Å². The third kappa shape index (κ3) is 3.37. The number of nitriles is 1. The van der Waals surface area contributed by atoms with Crippen molar-refractivity contribution in [3.8, 4) is 6.07 Å². The van der Waals surface area contributed by atoms with E-state index in [1.807, 2.05) is 6.07 Å². The fourth-order valence-corrected chi connectivity index (χ4v) is 2.38. The monoisotopic (exact) mass is 262 g/mol. The Balaban J connectivity index is 2.85. The summed E-state index contributed by atoms with van der Waals surface area (Å²) in [7, 11) is 0. The highest BCUT2D eigenvalue weighted by molar-refractivity contribution is 5.85. The zero-order valence-corrected chi connectivity index (χ0v) is 10.4. The van der Waals surface area contributed by atoms with Gasteiger partial charge >= 0.3 is 6.18 Å². The number of nitrogens with zero attached hydrogens (tertiary/aromatic N) is 2. The molecule has 1 aliphatic rings. The molecule has 1 rings (SSSR count). The second kappa shape index (κ2) is 5.59. The summed E-state index contributed by atoms with van der Waals surface area (Å²) in [5.74, 6) is -0.662. The number of carbonyl (C=O) groups excluding carboxylic acids is 1. The van der Waals surface area contributed by atoms with Gasteiger partial charge in [0.1, 0.15) is 12.0 Å². The molecule has 0 radical (unpaired) electrons. The predicted molar refractivity (Wildman–Crippen MR) is 59.4 cm³/mol. The summed E-state index contributed by atoms with van der Waals surface area (Å²) in [6, 6.07) is 1.96. The highest BCUT2D eigenvalue weighted by atomic mass is 19.4. The Bertz CT molecular complexity index is 340. The molecular formula is C12H17F3N2O. The maximum absolute atomic E-state index is 12.4. The van der Waals surface area contributed by atoms with Crippen molar-refractivity contribution in [3.63, 3.8) is 0 Å². The average molecular weight is 262 g/mol. The normalized spacial score (nSPS) is 19.1. The lowest BCUT2D eigenvalue weighted by atomic mass is 9.74. The number of carbonyl (C=O) groups is 1. The molecule has 6 heteroatoms. The molecule has 102 valence electrons. The first-order valence-corrected chi connectivity index (χ1v) is 6.12. The molecule has 0 aromatic carbocycles. The SMILES string of the molecule is CCN(CC(F)(F)F)C(=O)C1(C#N)CCCCC1. The van der Waals surface area contributed by atoms with Crippen molar-refractivity contribution in [2.45, 2.75) is 45.2 Å². The van der Waals surface area contributed by atoms with Crippen LogP contribution in [0.2, 0.25) is 0 Å². The van der Waals surface area contributed by atoms with E-state index in [2.05, 4.69) is 0 Å². The highest BCUT2D eigenvalue weighted by Gasteiger charge is 2.44. The van der Waals surface area contributed by atoms with Crippen molar-refractivity contribution in [1.29, 1.82) is 5.26 Å². The van der Waals surface area contributed by atoms with Crippen molar-refractivity contribution in [2.75, 3.05) is 13.1 Å². The van der Waals surface area contributed by atoms with Crippen molar-refractivity contribution in [3.05, 3.63) is 0 Å². The van der Waals surface area contributed by atoms with E-state index in [0.717, 1.165) is 24.2 Å². The zero-order chi connectivity index (χ0) is 13.8. The van der Waals surface area contributed by atoms with Crippen LogP contribution in [0.15, 0.2) is 0 Å². The van der Waals surface area contributed by atoms with Gasteiger partial charge in [0.25, 0.3) is 0 Å². The van der Waals surface area contributed by atoms with Gasteiger partial charge in [0, 0.05) is 6.54 Å². The van der Waals surface area contributed by atoms with Crippen molar-refractivity contribution < 1.29 is 18.0 Å². The molecular weight excluding hydrogens is 245 g/mol. The first-order valence-electron chi connectivity index (χ1n) is 6.12. The third-order valence-corrected chi connectivity index (χ3v) is 3.37. The number of hydrogen-bond acceptors (Lipinski definition) is 2. The van der Waals surface area contributed by atoms with Gasteiger partial charge in [-0.1, -0.05) is 19.3 Å². The van der Waals surface area contributed by atoms with Gasteiger partial charge in [-0.15, -0.1) is 0 Å². The Morgan fingerprint density at radius 3 is 2.28 bits per heavy atom. The molecule has 3 nitrogen and oxygen atoms in total. The first-order chi connectivity index (χ1) is 8.34. The topological polar surface area (TPSA) is 44.1 Å². The van der Waals surface area contributed by atoms with Crippen molar-refractivity contribution in [1.82, 2.24) is 4.90 Å². The van der Waals surface area contributed by atoms with E-state index in [-0.39, 0.29) is 6.54 Å². The van der Waals surface area contributed by atoms with Crippen molar-refractivity contribution >= 4 is 5.91 Å². The molecule has 0 aliphatic heterocycles. The minimum atomic E-state index is -4.42. The van der Waals surface area contributed by atoms with E-state index < -0.39 is 24.0 Å². The molecule has 0 heterocycles. The molecule has 1 saturated carbocycles. The van der Waals surface area contributed by atoms with Crippen LogP contribution in [0.3, 0.4) is 0 Å². The Labute approximate surface area is 105 Å². The van der Waals surface area contributed by atoms with Crippen LogP contribution < -0.4 is 0 Å². The second-order valence-corrected chi connectivity index (χ2v) is 4.69. The number of hydrogen-bond donors (Lipinski definition) is 0. The minimum Gasteiger partial charge on any atom is -0.332 e. The lowest BCUT2D eigenvalue weighted by molar-refractivity contribution is -0.166. The van der Waals surface area contributed by atoms with E-state index in [0.29, 0.717) is 12.8 Å². The van der Waals surface area contributed by atoms with E-state index in [9.17, 15) is 23.2 Å². The minimum absolute atomic E-state index is 0.0260. The van der Waals surface area contributed by atoms with Gasteiger partial charge in [-0.2, -0.15) is 18.4 Å². The summed E-state index contributed by atoms with van der Waals surface area (Å²) in [6.07, 6.45) is -1.29. The highest BCUT2D eigenvalue weighted by Crippen LogP contribution is 2.37. The molecule has 0 N–H and O–H groups in total. The summed E-state index contributed by atoms with van der Waals surface area (Å²) >= 11 is 0. The Kier molecular flexibility index (Phi) is 4.60. The Morgan fingerprint density at radius 1 is 1.33 bits per heavy atom. The molecule has 0 unspecified atom stereocenters. The van der Waals surface area contributed by atoms with Crippen LogP contribution in [0.4, 0.5) is 13.2 Å². The zero-order valence-electron chi connectivity index (χ0n) is 10.4. The van der Waals surface area contributed by atoms with Gasteiger partial charge < -0.3 is 4.90 Å². The third-order valence-electron chi connectivity index (χ3n) is 3.37.